The van der Waals surface area contributed by atoms with E-state index in [1.165, 1.54) is 19.3 Å². The summed E-state index contributed by atoms with van der Waals surface area (Å²) in [6.45, 7) is 3.25. The summed E-state index contributed by atoms with van der Waals surface area (Å²) in [5, 5.41) is 0. The summed E-state index contributed by atoms with van der Waals surface area (Å²) in [4.78, 5) is 14.2. The van der Waals surface area contributed by atoms with E-state index in [9.17, 15) is 4.79 Å². The van der Waals surface area contributed by atoms with Gasteiger partial charge in [-0.2, -0.15) is 0 Å². The van der Waals surface area contributed by atoms with Crippen molar-refractivity contribution >= 4 is 5.91 Å². The fraction of sp³-hybridized carbons (Fsp3) is 0.769. The number of likely N-dealkylation sites (tertiary alicyclic amines) is 1. The molecule has 3 heteroatoms. The minimum atomic E-state index is -0.394. The van der Waals surface area contributed by atoms with Crippen molar-refractivity contribution in [1.82, 2.24) is 4.90 Å². The van der Waals surface area contributed by atoms with Gasteiger partial charge in [0.2, 0.25) is 5.91 Å². The van der Waals surface area contributed by atoms with Crippen LogP contribution in [0.2, 0.25) is 0 Å². The fourth-order valence-electron chi connectivity index (χ4n) is 3.18. The molecule has 1 aliphatic heterocycles. The minimum Gasteiger partial charge on any atom is -0.368 e. The molecule has 1 amide bonds. The lowest BCUT2D eigenvalue weighted by molar-refractivity contribution is -0.134. The van der Waals surface area contributed by atoms with Crippen LogP contribution in [0, 0.1) is 0 Å². The largest absolute Gasteiger partial charge is 0.368 e. The summed E-state index contributed by atoms with van der Waals surface area (Å²) >= 11 is 0. The van der Waals surface area contributed by atoms with E-state index < -0.39 is 5.54 Å². The lowest BCUT2D eigenvalue weighted by Gasteiger charge is -2.48. The van der Waals surface area contributed by atoms with E-state index in [4.69, 9.17) is 5.73 Å². The van der Waals surface area contributed by atoms with Crippen molar-refractivity contribution in [3.8, 4) is 0 Å². The van der Waals surface area contributed by atoms with Crippen LogP contribution >= 0.6 is 0 Å². The van der Waals surface area contributed by atoms with Crippen molar-refractivity contribution < 1.29 is 4.79 Å². The van der Waals surface area contributed by atoms with E-state index in [2.05, 4.69) is 24.0 Å². The highest BCUT2D eigenvalue weighted by Gasteiger charge is 2.44. The number of hydrogen-bond acceptors (Lipinski definition) is 2. The zero-order chi connectivity index (χ0) is 11.6. The van der Waals surface area contributed by atoms with Gasteiger partial charge in [-0.1, -0.05) is 18.6 Å². The van der Waals surface area contributed by atoms with Gasteiger partial charge >= 0.3 is 0 Å². The molecule has 2 aliphatic rings. The summed E-state index contributed by atoms with van der Waals surface area (Å²) in [6, 6.07) is 0.493. The van der Waals surface area contributed by atoms with Crippen molar-refractivity contribution in [3.63, 3.8) is 0 Å². The van der Waals surface area contributed by atoms with Crippen molar-refractivity contribution in [2.75, 3.05) is 6.54 Å². The number of primary amides is 1. The van der Waals surface area contributed by atoms with Gasteiger partial charge in [-0.05, 0) is 45.6 Å². The van der Waals surface area contributed by atoms with E-state index in [-0.39, 0.29) is 5.91 Å². The quantitative estimate of drug-likeness (QED) is 0.724. The van der Waals surface area contributed by atoms with Gasteiger partial charge in [0.25, 0.3) is 0 Å². The Bertz CT molecular complexity index is 300. The second kappa shape index (κ2) is 4.58. The molecule has 16 heavy (non-hydrogen) atoms. The Kier molecular flexibility index (Phi) is 3.33. The number of allylic oxidation sites excluding steroid dienone is 1. The molecule has 0 aromatic heterocycles. The number of carbonyl (C=O) groups is 1. The molecular formula is C13H22N2O. The van der Waals surface area contributed by atoms with Crippen LogP contribution in [0.5, 0.6) is 0 Å². The predicted octanol–water partition coefficient (Wildman–Crippen LogP) is 1.82. The third-order valence-corrected chi connectivity index (χ3v) is 4.16. The van der Waals surface area contributed by atoms with Gasteiger partial charge in [-0.15, -0.1) is 0 Å². The molecular weight excluding hydrogens is 200 g/mol. The van der Waals surface area contributed by atoms with E-state index >= 15 is 0 Å². The Labute approximate surface area is 97.7 Å². The molecule has 1 fully saturated rings. The number of nitrogens with zero attached hydrogens (tertiary/aromatic N) is 1. The van der Waals surface area contributed by atoms with Crippen LogP contribution < -0.4 is 5.73 Å². The van der Waals surface area contributed by atoms with E-state index in [1.807, 2.05) is 0 Å². The lowest BCUT2D eigenvalue weighted by Crippen LogP contribution is -2.61. The van der Waals surface area contributed by atoms with E-state index in [0.717, 1.165) is 25.8 Å². The van der Waals surface area contributed by atoms with Gasteiger partial charge in [0.1, 0.15) is 5.54 Å². The van der Waals surface area contributed by atoms with Crippen LogP contribution in [0.1, 0.15) is 45.4 Å². The van der Waals surface area contributed by atoms with Gasteiger partial charge < -0.3 is 5.73 Å². The summed E-state index contributed by atoms with van der Waals surface area (Å²) in [7, 11) is 0. The van der Waals surface area contributed by atoms with Gasteiger partial charge in [-0.3, -0.25) is 9.69 Å². The number of nitrogens with two attached hydrogens (primary N) is 1. The fourth-order valence-corrected chi connectivity index (χ4v) is 3.18. The second-order valence-electron chi connectivity index (χ2n) is 5.15. The molecule has 1 aliphatic carbocycles. The molecule has 0 saturated carbocycles. The van der Waals surface area contributed by atoms with Crippen LogP contribution in [-0.2, 0) is 4.79 Å². The standard InChI is InChI=1S/C13H22N2O/c1-11-7-3-6-10-15(11)13(12(14)16)8-4-2-5-9-13/h2,4,11H,3,5-10H2,1H3,(H2,14,16)/t11-,13+/m0/s1. The molecule has 0 bridgehead atoms. The normalized spacial score (nSPS) is 36.2. The Morgan fingerprint density at radius 1 is 1.44 bits per heavy atom. The molecule has 0 radical (unpaired) electrons. The van der Waals surface area contributed by atoms with Crippen LogP contribution in [0.25, 0.3) is 0 Å². The van der Waals surface area contributed by atoms with Gasteiger partial charge in [-0.25, -0.2) is 0 Å². The number of piperidine rings is 1. The van der Waals surface area contributed by atoms with E-state index in [0.29, 0.717) is 6.04 Å². The zero-order valence-electron chi connectivity index (χ0n) is 10.1. The Morgan fingerprint density at radius 3 is 2.81 bits per heavy atom. The van der Waals surface area contributed by atoms with E-state index in [1.54, 1.807) is 0 Å². The SMILES string of the molecule is C[C@H]1CCCCN1[C@]1(C(N)=O)CC=CCC1. The molecule has 0 unspecified atom stereocenters. The first-order valence-electron chi connectivity index (χ1n) is 6.38. The summed E-state index contributed by atoms with van der Waals surface area (Å²) in [5.74, 6) is -0.134. The molecule has 1 heterocycles. The zero-order valence-corrected chi connectivity index (χ0v) is 10.1. The number of amides is 1. The average molecular weight is 222 g/mol. The third kappa shape index (κ3) is 1.88. The second-order valence-corrected chi connectivity index (χ2v) is 5.15. The maximum atomic E-state index is 11.9. The van der Waals surface area contributed by atoms with Crippen molar-refractivity contribution in [3.05, 3.63) is 12.2 Å². The summed E-state index contributed by atoms with van der Waals surface area (Å²) in [5.41, 5.74) is 5.29. The first kappa shape index (κ1) is 11.6. The van der Waals surface area contributed by atoms with Gasteiger partial charge in [0.15, 0.2) is 0 Å². The van der Waals surface area contributed by atoms with Crippen LogP contribution in [0.4, 0.5) is 0 Å². The molecule has 0 aromatic rings. The topological polar surface area (TPSA) is 46.3 Å². The summed E-state index contributed by atoms with van der Waals surface area (Å²) in [6.07, 6.45) is 10.6. The molecule has 1 saturated heterocycles. The molecule has 2 rings (SSSR count). The van der Waals surface area contributed by atoms with Crippen molar-refractivity contribution in [2.45, 2.75) is 57.0 Å². The number of carbonyl (C=O) groups excluding carboxylic acids is 1. The van der Waals surface area contributed by atoms with Crippen LogP contribution in [-0.4, -0.2) is 28.9 Å². The first-order chi connectivity index (χ1) is 7.67. The van der Waals surface area contributed by atoms with Gasteiger partial charge in [0, 0.05) is 6.04 Å². The maximum absolute atomic E-state index is 11.9. The highest BCUT2D eigenvalue weighted by molar-refractivity contribution is 5.85. The van der Waals surface area contributed by atoms with Gasteiger partial charge in [0.05, 0.1) is 0 Å². The van der Waals surface area contributed by atoms with Crippen LogP contribution in [0.3, 0.4) is 0 Å². The third-order valence-electron chi connectivity index (χ3n) is 4.16. The Hall–Kier alpha value is -0.830. The minimum absolute atomic E-state index is 0.134. The maximum Gasteiger partial charge on any atom is 0.238 e. The average Bonchev–Trinajstić information content (AvgIpc) is 2.30. The molecule has 2 atom stereocenters. The van der Waals surface area contributed by atoms with Crippen molar-refractivity contribution in [1.29, 1.82) is 0 Å². The molecule has 0 aromatic carbocycles. The molecule has 0 spiro atoms. The molecule has 3 nitrogen and oxygen atoms in total. The predicted molar refractivity (Wildman–Crippen MR) is 64.9 cm³/mol. The van der Waals surface area contributed by atoms with Crippen LogP contribution in [0.15, 0.2) is 12.2 Å². The Balaban J connectivity index is 2.24. The van der Waals surface area contributed by atoms with Crippen molar-refractivity contribution in [2.24, 2.45) is 5.73 Å². The highest BCUT2D eigenvalue weighted by Crippen LogP contribution is 2.34. The smallest absolute Gasteiger partial charge is 0.238 e. The number of rotatable bonds is 2. The lowest BCUT2D eigenvalue weighted by atomic mass is 9.80. The number of hydrogen-bond donors (Lipinski definition) is 1. The molecule has 90 valence electrons. The Morgan fingerprint density at radius 2 is 2.25 bits per heavy atom. The molecule has 2 N–H and O–H groups in total. The first-order valence-corrected chi connectivity index (χ1v) is 6.38. The monoisotopic (exact) mass is 222 g/mol. The summed E-state index contributed by atoms with van der Waals surface area (Å²) < 4.78 is 0. The highest BCUT2D eigenvalue weighted by atomic mass is 16.1.